The zero-order valence-corrected chi connectivity index (χ0v) is 22.1. The maximum atomic E-state index is 13.7. The number of rotatable bonds is 10. The summed E-state index contributed by atoms with van der Waals surface area (Å²) in [5.41, 5.74) is 2.38. The van der Waals surface area contributed by atoms with Crippen LogP contribution in [0.25, 0.3) is 0 Å². The fourth-order valence-corrected chi connectivity index (χ4v) is 4.66. The lowest BCUT2D eigenvalue weighted by atomic mass is 9.76. The minimum atomic E-state index is -0.894. The van der Waals surface area contributed by atoms with Crippen LogP contribution in [0.5, 0.6) is 5.75 Å². The molecule has 5 heteroatoms. The minimum Gasteiger partial charge on any atom is -0.463 e. The van der Waals surface area contributed by atoms with Crippen molar-refractivity contribution in [1.82, 2.24) is 5.32 Å². The quantitative estimate of drug-likeness (QED) is 0.187. The Kier molecular flexibility index (Phi) is 8.59. The number of alkyl halides is 1. The molecule has 0 spiro atoms. The van der Waals surface area contributed by atoms with E-state index in [0.29, 0.717) is 12.2 Å². The molecule has 0 radical (unpaired) electrons. The normalized spacial score (nSPS) is 12.5. The highest BCUT2D eigenvalue weighted by molar-refractivity contribution is 5.77. The van der Waals surface area contributed by atoms with Gasteiger partial charge >= 0.3 is 5.97 Å². The van der Waals surface area contributed by atoms with Crippen LogP contribution in [-0.2, 0) is 21.5 Å². The summed E-state index contributed by atoms with van der Waals surface area (Å²) >= 11 is 0. The van der Waals surface area contributed by atoms with Crippen LogP contribution in [0, 0.1) is 0 Å². The third-order valence-electron chi connectivity index (χ3n) is 6.29. The van der Waals surface area contributed by atoms with Crippen LogP contribution in [0.1, 0.15) is 43.0 Å². The highest BCUT2D eigenvalue weighted by Crippen LogP contribution is 2.37. The summed E-state index contributed by atoms with van der Waals surface area (Å²) in [6.45, 7) is 4.70. The van der Waals surface area contributed by atoms with Gasteiger partial charge in [-0.25, -0.2) is 4.39 Å². The third-order valence-corrected chi connectivity index (χ3v) is 6.29. The molecule has 0 heterocycles. The molecule has 4 aromatic rings. The van der Waals surface area contributed by atoms with Crippen molar-refractivity contribution >= 4 is 5.97 Å². The van der Waals surface area contributed by atoms with Crippen LogP contribution < -0.4 is 10.1 Å². The van der Waals surface area contributed by atoms with Crippen LogP contribution in [0.3, 0.4) is 0 Å². The van der Waals surface area contributed by atoms with E-state index in [-0.39, 0.29) is 5.97 Å². The molecular weight excluding hydrogens is 477 g/mol. The van der Waals surface area contributed by atoms with Crippen molar-refractivity contribution in [2.45, 2.75) is 44.4 Å². The minimum absolute atomic E-state index is 0.353. The van der Waals surface area contributed by atoms with Gasteiger partial charge < -0.3 is 9.47 Å². The summed E-state index contributed by atoms with van der Waals surface area (Å²) in [4.78, 5) is 13.7. The number of benzene rings is 4. The van der Waals surface area contributed by atoms with E-state index in [2.05, 4.69) is 41.7 Å². The Morgan fingerprint density at radius 3 is 1.58 bits per heavy atom. The second kappa shape index (κ2) is 12.1. The van der Waals surface area contributed by atoms with E-state index < -0.39 is 24.0 Å². The monoisotopic (exact) mass is 511 g/mol. The molecule has 4 nitrogen and oxygen atoms in total. The molecule has 4 aromatic carbocycles. The number of hydrogen-bond donors (Lipinski definition) is 1. The van der Waals surface area contributed by atoms with E-state index in [1.807, 2.05) is 87.5 Å². The molecule has 196 valence electrons. The summed E-state index contributed by atoms with van der Waals surface area (Å²) in [7, 11) is 0. The van der Waals surface area contributed by atoms with E-state index >= 15 is 0 Å². The molecule has 0 saturated carbocycles. The zero-order valence-electron chi connectivity index (χ0n) is 22.1. The van der Waals surface area contributed by atoms with Gasteiger partial charge in [-0.15, -0.1) is 0 Å². The molecular formula is C33H34FNO3. The Hall–Kier alpha value is -3.96. The molecule has 0 bridgehead atoms. The average Bonchev–Trinajstić information content (AvgIpc) is 2.93. The Labute approximate surface area is 224 Å². The van der Waals surface area contributed by atoms with Crippen LogP contribution >= 0.6 is 0 Å². The second-order valence-electron chi connectivity index (χ2n) is 10.2. The van der Waals surface area contributed by atoms with Gasteiger partial charge in [-0.3, -0.25) is 10.1 Å². The van der Waals surface area contributed by atoms with E-state index in [1.165, 1.54) is 0 Å². The molecule has 0 saturated heterocycles. The summed E-state index contributed by atoms with van der Waals surface area (Å²) in [6, 6.07) is 36.8. The lowest BCUT2D eigenvalue weighted by Gasteiger charge is -2.40. The second-order valence-corrected chi connectivity index (χ2v) is 10.2. The third kappa shape index (κ3) is 6.48. The Morgan fingerprint density at radius 2 is 1.18 bits per heavy atom. The van der Waals surface area contributed by atoms with E-state index in [4.69, 9.17) is 9.47 Å². The first-order chi connectivity index (χ1) is 18.3. The maximum absolute atomic E-state index is 13.7. The molecule has 0 aliphatic rings. The first-order valence-electron chi connectivity index (χ1n) is 12.8. The fraction of sp³-hybridized carbons (Fsp3) is 0.242. The van der Waals surface area contributed by atoms with Gasteiger partial charge in [0.1, 0.15) is 17.4 Å². The van der Waals surface area contributed by atoms with Crippen LogP contribution in [0.15, 0.2) is 115 Å². The number of nitrogens with one attached hydrogen (secondary N) is 1. The van der Waals surface area contributed by atoms with Gasteiger partial charge in [0.25, 0.3) is 0 Å². The smallest absolute Gasteiger partial charge is 0.324 e. The molecule has 1 N–H and O–H groups in total. The van der Waals surface area contributed by atoms with Gasteiger partial charge in [0, 0.05) is 0 Å². The SMILES string of the molecule is CC(C)(C)OC(=O)[C@@H](Cc1ccc(OC[19F])cc1)NC(c1ccccc1)(c1ccccc1)c1ccccc1. The Balaban J connectivity index is 1.85. The van der Waals surface area contributed by atoms with Gasteiger partial charge in [0.2, 0.25) is 6.86 Å². The van der Waals surface area contributed by atoms with Crippen molar-refractivity contribution in [2.24, 2.45) is 0 Å². The van der Waals surface area contributed by atoms with Gasteiger partial charge in [-0.05, 0) is 61.6 Å². The molecule has 1 atom stereocenters. The van der Waals surface area contributed by atoms with Crippen LogP contribution in [0.2, 0.25) is 0 Å². The van der Waals surface area contributed by atoms with Gasteiger partial charge in [-0.1, -0.05) is 103 Å². The largest absolute Gasteiger partial charge is 0.463 e. The van der Waals surface area contributed by atoms with Crippen LogP contribution in [-0.4, -0.2) is 24.5 Å². The summed E-state index contributed by atoms with van der Waals surface area (Å²) < 4.78 is 23.5. The molecule has 38 heavy (non-hydrogen) atoms. The van der Waals surface area contributed by atoms with Crippen molar-refractivity contribution < 1.29 is 18.7 Å². The van der Waals surface area contributed by atoms with Crippen molar-refractivity contribution in [2.75, 3.05) is 6.86 Å². The molecule has 0 aliphatic heterocycles. The number of carbonyl (C=O) groups excluding carboxylic acids is 1. The number of carbonyl (C=O) groups is 1. The van der Waals surface area contributed by atoms with Crippen molar-refractivity contribution in [3.05, 3.63) is 138 Å². The standard InChI is InChI=1S/C33H34FNO3/c1-32(2,3)38-31(36)30(23-25-19-21-29(22-20-25)37-24-34)35-33(26-13-7-4-8-14-26,27-15-9-5-10-16-27)28-17-11-6-12-18-28/h4-22,30,35H,23-24H2,1-3H3/t30-/m1/s1/i34+0. The Bertz CT molecular complexity index is 1190. The number of hydrogen-bond acceptors (Lipinski definition) is 4. The number of halogens is 1. The molecule has 0 aliphatic carbocycles. The topological polar surface area (TPSA) is 47.6 Å². The Morgan fingerprint density at radius 1 is 0.737 bits per heavy atom. The highest BCUT2D eigenvalue weighted by atomic mass is 19.1. The van der Waals surface area contributed by atoms with E-state index in [9.17, 15) is 9.18 Å². The number of esters is 1. The average molecular weight is 512 g/mol. The highest BCUT2D eigenvalue weighted by Gasteiger charge is 2.40. The number of ether oxygens (including phenoxy) is 2. The summed E-state index contributed by atoms with van der Waals surface area (Å²) in [6.07, 6.45) is 0.360. The summed E-state index contributed by atoms with van der Waals surface area (Å²) in [5.74, 6) is 0.0824. The lowest BCUT2D eigenvalue weighted by molar-refractivity contribution is -0.157. The molecule has 0 unspecified atom stereocenters. The molecule has 0 amide bonds. The van der Waals surface area contributed by atoms with Gasteiger partial charge in [0.15, 0.2) is 0 Å². The molecule has 4 rings (SSSR count). The molecule has 0 aromatic heterocycles. The van der Waals surface area contributed by atoms with Crippen LogP contribution in [0.4, 0.5) is 4.39 Å². The van der Waals surface area contributed by atoms with Gasteiger partial charge in [-0.2, -0.15) is 0 Å². The molecule has 0 fully saturated rings. The van der Waals surface area contributed by atoms with E-state index in [1.54, 1.807) is 12.1 Å². The lowest BCUT2D eigenvalue weighted by Crippen LogP contribution is -2.54. The van der Waals surface area contributed by atoms with Crippen molar-refractivity contribution in [3.63, 3.8) is 0 Å². The fourth-order valence-electron chi connectivity index (χ4n) is 4.66. The predicted molar refractivity (Wildman–Crippen MR) is 149 cm³/mol. The first-order valence-corrected chi connectivity index (χ1v) is 12.8. The van der Waals surface area contributed by atoms with Crippen molar-refractivity contribution in [3.8, 4) is 5.75 Å². The zero-order chi connectivity index (χ0) is 27.0. The van der Waals surface area contributed by atoms with Gasteiger partial charge in [0.05, 0.1) is 5.54 Å². The maximum Gasteiger partial charge on any atom is 0.324 e. The summed E-state index contributed by atoms with van der Waals surface area (Å²) in [5, 5.41) is 3.76. The van der Waals surface area contributed by atoms with Crippen molar-refractivity contribution in [1.29, 1.82) is 0 Å². The first kappa shape index (κ1) is 27.1. The predicted octanol–water partition coefficient (Wildman–Crippen LogP) is 6.83. The van der Waals surface area contributed by atoms with E-state index in [0.717, 1.165) is 22.3 Å².